The number of benzene rings is 1. The molecule has 0 spiro atoms. The third kappa shape index (κ3) is 3.31. The monoisotopic (exact) mass is 283 g/mol. The maximum absolute atomic E-state index is 13.1. The van der Waals surface area contributed by atoms with Gasteiger partial charge in [0.05, 0.1) is 4.34 Å². The molecule has 0 bridgehead atoms. The summed E-state index contributed by atoms with van der Waals surface area (Å²) in [6.45, 7) is 4.10. The number of hydrogen-bond donors (Lipinski definition) is 1. The van der Waals surface area contributed by atoms with Crippen molar-refractivity contribution in [1.29, 1.82) is 0 Å². The average molecular weight is 284 g/mol. The highest BCUT2D eigenvalue weighted by molar-refractivity contribution is 7.14. The summed E-state index contributed by atoms with van der Waals surface area (Å²) in [4.78, 5) is 0. The standard InChI is InChI=1S/C14H15ClFNS/c1-9(11-4-3-5-13(16)6-11)17-10(2)12-7-14(15)18-8-12/h3-10,17H,1-2H3/t9-,10?/m1/s1. The van der Waals surface area contributed by atoms with Gasteiger partial charge in [0.2, 0.25) is 0 Å². The van der Waals surface area contributed by atoms with Gasteiger partial charge in [-0.15, -0.1) is 11.3 Å². The van der Waals surface area contributed by atoms with E-state index in [4.69, 9.17) is 11.6 Å². The second kappa shape index (κ2) is 5.83. The van der Waals surface area contributed by atoms with Crippen molar-refractivity contribution >= 4 is 22.9 Å². The Morgan fingerprint density at radius 1 is 1.17 bits per heavy atom. The van der Waals surface area contributed by atoms with Gasteiger partial charge in [-0.2, -0.15) is 0 Å². The zero-order chi connectivity index (χ0) is 13.1. The molecule has 96 valence electrons. The van der Waals surface area contributed by atoms with Crippen molar-refractivity contribution in [1.82, 2.24) is 5.32 Å². The molecule has 1 heterocycles. The Morgan fingerprint density at radius 3 is 2.50 bits per heavy atom. The lowest BCUT2D eigenvalue weighted by Crippen LogP contribution is -2.22. The van der Waals surface area contributed by atoms with Crippen LogP contribution in [-0.4, -0.2) is 0 Å². The van der Waals surface area contributed by atoms with Crippen LogP contribution in [0, 0.1) is 5.82 Å². The molecule has 18 heavy (non-hydrogen) atoms. The van der Waals surface area contributed by atoms with Crippen LogP contribution in [0.3, 0.4) is 0 Å². The molecule has 0 saturated heterocycles. The fraction of sp³-hybridized carbons (Fsp3) is 0.286. The molecule has 0 saturated carbocycles. The highest BCUT2D eigenvalue weighted by Crippen LogP contribution is 2.26. The van der Waals surface area contributed by atoms with Gasteiger partial charge < -0.3 is 5.32 Å². The third-order valence-corrected chi connectivity index (χ3v) is 4.05. The van der Waals surface area contributed by atoms with E-state index in [2.05, 4.69) is 12.2 Å². The van der Waals surface area contributed by atoms with Crippen LogP contribution < -0.4 is 5.32 Å². The van der Waals surface area contributed by atoms with Gasteiger partial charge in [0, 0.05) is 12.1 Å². The minimum atomic E-state index is -0.201. The molecule has 2 rings (SSSR count). The van der Waals surface area contributed by atoms with Crippen molar-refractivity contribution in [3.05, 3.63) is 57.0 Å². The van der Waals surface area contributed by atoms with Crippen LogP contribution in [0.4, 0.5) is 4.39 Å². The van der Waals surface area contributed by atoms with E-state index in [1.54, 1.807) is 12.1 Å². The smallest absolute Gasteiger partial charge is 0.123 e. The van der Waals surface area contributed by atoms with Crippen LogP contribution in [-0.2, 0) is 0 Å². The Hall–Kier alpha value is -0.900. The minimum Gasteiger partial charge on any atom is -0.304 e. The first-order valence-corrected chi connectivity index (χ1v) is 7.07. The van der Waals surface area contributed by atoms with Crippen molar-refractivity contribution in [2.24, 2.45) is 0 Å². The van der Waals surface area contributed by atoms with Crippen LogP contribution in [0.2, 0.25) is 4.34 Å². The summed E-state index contributed by atoms with van der Waals surface area (Å²) in [6, 6.07) is 8.91. The highest BCUT2D eigenvalue weighted by atomic mass is 35.5. The van der Waals surface area contributed by atoms with Gasteiger partial charge in [0.15, 0.2) is 0 Å². The molecule has 1 aromatic carbocycles. The molecular weight excluding hydrogens is 269 g/mol. The van der Waals surface area contributed by atoms with Crippen molar-refractivity contribution < 1.29 is 4.39 Å². The Balaban J connectivity index is 2.05. The van der Waals surface area contributed by atoms with Gasteiger partial charge in [-0.05, 0) is 48.6 Å². The topological polar surface area (TPSA) is 12.0 Å². The summed E-state index contributed by atoms with van der Waals surface area (Å²) in [6.07, 6.45) is 0. The summed E-state index contributed by atoms with van der Waals surface area (Å²) in [5.41, 5.74) is 2.11. The molecule has 2 atom stereocenters. The van der Waals surface area contributed by atoms with Crippen molar-refractivity contribution in [3.8, 4) is 0 Å². The van der Waals surface area contributed by atoms with E-state index in [9.17, 15) is 4.39 Å². The number of hydrogen-bond acceptors (Lipinski definition) is 2. The maximum atomic E-state index is 13.1. The second-order valence-corrected chi connectivity index (χ2v) is 5.89. The molecular formula is C14H15ClFNS. The average Bonchev–Trinajstić information content (AvgIpc) is 2.76. The van der Waals surface area contributed by atoms with Crippen LogP contribution in [0.1, 0.15) is 37.1 Å². The predicted octanol–water partition coefficient (Wildman–Crippen LogP) is 4.95. The van der Waals surface area contributed by atoms with Gasteiger partial charge in [-0.3, -0.25) is 0 Å². The third-order valence-electron chi connectivity index (χ3n) is 2.94. The number of rotatable bonds is 4. The molecule has 1 nitrogen and oxygen atoms in total. The first-order valence-electron chi connectivity index (χ1n) is 5.81. The molecule has 1 aromatic heterocycles. The predicted molar refractivity (Wildman–Crippen MR) is 75.7 cm³/mol. The zero-order valence-corrected chi connectivity index (χ0v) is 11.9. The molecule has 0 radical (unpaired) electrons. The van der Waals surface area contributed by atoms with E-state index in [0.29, 0.717) is 0 Å². The summed E-state index contributed by atoms with van der Waals surface area (Å²) in [7, 11) is 0. The molecule has 0 amide bonds. The normalized spacial score (nSPS) is 14.4. The van der Waals surface area contributed by atoms with Crippen LogP contribution in [0.25, 0.3) is 0 Å². The Morgan fingerprint density at radius 2 is 1.89 bits per heavy atom. The first-order chi connectivity index (χ1) is 8.56. The van der Waals surface area contributed by atoms with E-state index in [-0.39, 0.29) is 17.9 Å². The second-order valence-electron chi connectivity index (χ2n) is 4.35. The molecule has 0 aliphatic rings. The summed E-state index contributed by atoms with van der Waals surface area (Å²) in [5, 5.41) is 5.47. The van der Waals surface area contributed by atoms with Gasteiger partial charge in [-0.1, -0.05) is 23.7 Å². The van der Waals surface area contributed by atoms with Gasteiger partial charge in [-0.25, -0.2) is 4.39 Å². The van der Waals surface area contributed by atoms with Gasteiger partial charge >= 0.3 is 0 Å². The molecule has 0 aliphatic carbocycles. The number of nitrogens with one attached hydrogen (secondary N) is 1. The van der Waals surface area contributed by atoms with E-state index >= 15 is 0 Å². The van der Waals surface area contributed by atoms with E-state index in [1.807, 2.05) is 24.4 Å². The van der Waals surface area contributed by atoms with E-state index in [0.717, 1.165) is 15.5 Å². The fourth-order valence-electron chi connectivity index (χ4n) is 1.89. The lowest BCUT2D eigenvalue weighted by molar-refractivity contribution is 0.493. The zero-order valence-electron chi connectivity index (χ0n) is 10.3. The van der Waals surface area contributed by atoms with Crippen molar-refractivity contribution in [2.75, 3.05) is 0 Å². The molecule has 0 fully saturated rings. The molecule has 0 aliphatic heterocycles. The van der Waals surface area contributed by atoms with Gasteiger partial charge in [0.1, 0.15) is 5.82 Å². The first kappa shape index (κ1) is 13.5. The summed E-state index contributed by atoms with van der Waals surface area (Å²) < 4.78 is 13.9. The van der Waals surface area contributed by atoms with Crippen molar-refractivity contribution in [2.45, 2.75) is 25.9 Å². The molecule has 2 aromatic rings. The lowest BCUT2D eigenvalue weighted by Gasteiger charge is -2.19. The molecule has 1 N–H and O–H groups in total. The minimum absolute atomic E-state index is 0.0920. The lowest BCUT2D eigenvalue weighted by atomic mass is 10.1. The SMILES string of the molecule is CC(N[C@H](C)c1cccc(F)c1)c1csc(Cl)c1. The largest absolute Gasteiger partial charge is 0.304 e. The Labute approximate surface area is 116 Å². The van der Waals surface area contributed by atoms with E-state index in [1.165, 1.54) is 17.4 Å². The van der Waals surface area contributed by atoms with Crippen LogP contribution in [0.15, 0.2) is 35.7 Å². The quantitative estimate of drug-likeness (QED) is 0.837. The maximum Gasteiger partial charge on any atom is 0.123 e. The number of thiophene rings is 1. The summed E-state index contributed by atoms with van der Waals surface area (Å²) in [5.74, 6) is -0.201. The summed E-state index contributed by atoms with van der Waals surface area (Å²) >= 11 is 7.44. The van der Waals surface area contributed by atoms with Crippen molar-refractivity contribution in [3.63, 3.8) is 0 Å². The van der Waals surface area contributed by atoms with Crippen LogP contribution in [0.5, 0.6) is 0 Å². The van der Waals surface area contributed by atoms with Gasteiger partial charge in [0.25, 0.3) is 0 Å². The van der Waals surface area contributed by atoms with E-state index < -0.39 is 0 Å². The highest BCUT2D eigenvalue weighted by Gasteiger charge is 2.12. The Bertz CT molecular complexity index is 526. The van der Waals surface area contributed by atoms with Crippen LogP contribution >= 0.6 is 22.9 Å². The fourth-order valence-corrected chi connectivity index (χ4v) is 2.88. The Kier molecular flexibility index (Phi) is 4.38. The molecule has 1 unspecified atom stereocenters. The molecule has 4 heteroatoms. The number of halogens is 2.